The van der Waals surface area contributed by atoms with Gasteiger partial charge in [0.2, 0.25) is 5.91 Å². The first-order valence-electron chi connectivity index (χ1n) is 16.7. The Labute approximate surface area is 262 Å². The summed E-state index contributed by atoms with van der Waals surface area (Å²) >= 11 is 0. The molecule has 8 nitrogen and oxygen atoms in total. The maximum absolute atomic E-state index is 16.5. The zero-order valence-corrected chi connectivity index (χ0v) is 25.2. The lowest BCUT2D eigenvalue weighted by Crippen LogP contribution is -2.58. The summed E-state index contributed by atoms with van der Waals surface area (Å²) in [4.78, 5) is 43.7. The van der Waals surface area contributed by atoms with Crippen molar-refractivity contribution < 1.29 is 20.4 Å². The summed E-state index contributed by atoms with van der Waals surface area (Å²) in [5.74, 6) is -2.43. The SMILES string of the molecule is [2H]C([2H])=C(c1cccc(F)c1-c1nc2c(cc1F)c(N1[C@@H](C)CN(C(=O)C=C)C[C@@H]1C)nc(=O)n2-c1c(C)ccnc1C(C)C)C([2H])([2H])[2H]. The number of nitrogens with zero attached hydrogens (tertiary/aromatic N) is 6. The number of aryl methyl sites for hydroxylation is 1. The lowest BCUT2D eigenvalue weighted by atomic mass is 9.97. The van der Waals surface area contributed by atoms with Crippen LogP contribution in [0.15, 0.2) is 60.5 Å². The minimum atomic E-state index is -3.02. The van der Waals surface area contributed by atoms with E-state index in [-0.39, 0.29) is 53.8 Å². The largest absolute Gasteiger partial charge is 0.355 e. The molecule has 0 unspecified atom stereocenters. The smallest absolute Gasteiger partial charge is 0.347 e. The lowest BCUT2D eigenvalue weighted by Gasteiger charge is -2.45. The summed E-state index contributed by atoms with van der Waals surface area (Å²) in [6.45, 7) is 9.21. The van der Waals surface area contributed by atoms with Crippen molar-refractivity contribution in [1.82, 2.24) is 24.4 Å². The number of pyridine rings is 2. The van der Waals surface area contributed by atoms with Crippen LogP contribution in [0.3, 0.4) is 0 Å². The van der Waals surface area contributed by atoms with Gasteiger partial charge < -0.3 is 9.80 Å². The maximum atomic E-state index is 16.5. The normalized spacial score (nSPS) is 18.8. The number of benzene rings is 1. The minimum absolute atomic E-state index is 0.0982. The van der Waals surface area contributed by atoms with Crippen molar-refractivity contribution >= 4 is 28.3 Å². The number of rotatable bonds is 6. The summed E-state index contributed by atoms with van der Waals surface area (Å²) in [6, 6.07) is 5.40. The zero-order valence-electron chi connectivity index (χ0n) is 30.2. The van der Waals surface area contributed by atoms with Crippen molar-refractivity contribution in [2.24, 2.45) is 0 Å². The van der Waals surface area contributed by atoms with E-state index in [2.05, 4.69) is 21.5 Å². The standard InChI is InChI=1S/C34H36F2N6O2/c1-9-27(43)40-16-21(7)41(22(8)17-40)33-24-15-26(36)30(28-23(18(2)3)11-10-12-25(28)35)38-32(24)42(34(44)39-33)31-20(6)13-14-37-29(31)19(4)5/h9-15,19,21-22H,1-2,16-17H2,3-8H3/t21-,22-/m0/s1/i2D2,3D3. The average Bonchev–Trinajstić information content (AvgIpc) is 3.00. The number of halogens is 2. The molecular formula is C34H36F2N6O2. The van der Waals surface area contributed by atoms with E-state index in [1.54, 1.807) is 24.1 Å². The highest BCUT2D eigenvalue weighted by molar-refractivity contribution is 5.92. The van der Waals surface area contributed by atoms with Crippen molar-refractivity contribution in [3.8, 4) is 16.9 Å². The third-order valence-electron chi connectivity index (χ3n) is 7.90. The molecule has 0 radical (unpaired) electrons. The highest BCUT2D eigenvalue weighted by Crippen LogP contribution is 2.37. The predicted octanol–water partition coefficient (Wildman–Crippen LogP) is 6.20. The van der Waals surface area contributed by atoms with E-state index in [0.717, 1.165) is 12.1 Å². The monoisotopic (exact) mass is 603 g/mol. The van der Waals surface area contributed by atoms with Gasteiger partial charge in [-0.3, -0.25) is 9.78 Å². The number of amides is 1. The van der Waals surface area contributed by atoms with Gasteiger partial charge in [0.15, 0.2) is 11.5 Å². The van der Waals surface area contributed by atoms with E-state index in [1.807, 2.05) is 32.6 Å². The Hall–Kier alpha value is -4.73. The van der Waals surface area contributed by atoms with Gasteiger partial charge in [0, 0.05) is 41.0 Å². The van der Waals surface area contributed by atoms with Crippen LogP contribution in [-0.4, -0.2) is 55.5 Å². The zero-order chi connectivity index (χ0) is 36.1. The van der Waals surface area contributed by atoms with Gasteiger partial charge in [-0.15, -0.1) is 0 Å². The molecule has 1 aliphatic heterocycles. The van der Waals surface area contributed by atoms with E-state index >= 15 is 8.78 Å². The van der Waals surface area contributed by atoms with E-state index in [4.69, 9.17) is 6.85 Å². The number of carbonyl (C=O) groups excluding carboxylic acids is 1. The van der Waals surface area contributed by atoms with Crippen molar-refractivity contribution in [3.63, 3.8) is 0 Å². The molecule has 1 saturated heterocycles. The van der Waals surface area contributed by atoms with Crippen LogP contribution in [0.5, 0.6) is 0 Å². The van der Waals surface area contributed by atoms with Crippen molar-refractivity contribution in [2.45, 2.75) is 59.5 Å². The van der Waals surface area contributed by atoms with Crippen LogP contribution >= 0.6 is 0 Å². The maximum Gasteiger partial charge on any atom is 0.355 e. The number of allylic oxidation sites excluding steroid dienone is 1. The van der Waals surface area contributed by atoms with E-state index in [1.165, 1.54) is 22.8 Å². The molecule has 1 amide bonds. The van der Waals surface area contributed by atoms with E-state index < -0.39 is 53.1 Å². The quantitative estimate of drug-likeness (QED) is 0.244. The first kappa shape index (κ1) is 24.7. The van der Waals surface area contributed by atoms with Gasteiger partial charge in [0.25, 0.3) is 0 Å². The Kier molecular flexibility index (Phi) is 6.59. The van der Waals surface area contributed by atoms with Gasteiger partial charge in [0.05, 0.1) is 19.5 Å². The molecule has 3 aromatic heterocycles. The Morgan fingerprint density at radius 3 is 2.52 bits per heavy atom. The number of piperazine rings is 1. The molecule has 1 aromatic carbocycles. The summed E-state index contributed by atoms with van der Waals surface area (Å²) in [5, 5.41) is 0.104. The van der Waals surface area contributed by atoms with Crippen LogP contribution in [-0.2, 0) is 4.79 Å². The van der Waals surface area contributed by atoms with Crippen molar-refractivity contribution in [2.75, 3.05) is 18.0 Å². The molecule has 4 aromatic rings. The topological polar surface area (TPSA) is 84.2 Å². The second kappa shape index (κ2) is 11.7. The molecule has 228 valence electrons. The predicted molar refractivity (Wildman–Crippen MR) is 170 cm³/mol. The van der Waals surface area contributed by atoms with Crippen LogP contribution in [0.2, 0.25) is 0 Å². The first-order valence-corrected chi connectivity index (χ1v) is 14.2. The molecular weight excluding hydrogens is 562 g/mol. The number of aromatic nitrogens is 4. The van der Waals surface area contributed by atoms with Gasteiger partial charge in [-0.2, -0.15) is 4.98 Å². The summed E-state index contributed by atoms with van der Waals surface area (Å²) < 4.78 is 73.2. The third-order valence-corrected chi connectivity index (χ3v) is 7.90. The second-order valence-corrected chi connectivity index (χ2v) is 11.3. The van der Waals surface area contributed by atoms with Crippen LogP contribution in [0.25, 0.3) is 33.6 Å². The molecule has 2 atom stereocenters. The molecule has 10 heteroatoms. The van der Waals surface area contributed by atoms with Gasteiger partial charge in [-0.1, -0.05) is 44.7 Å². The number of hydrogen-bond donors (Lipinski definition) is 0. The molecule has 4 heterocycles. The fourth-order valence-corrected chi connectivity index (χ4v) is 5.99. The molecule has 1 fully saturated rings. The number of fused-ring (bicyclic) bond motifs is 1. The summed E-state index contributed by atoms with van der Waals surface area (Å²) in [5.41, 5.74) is -1.75. The van der Waals surface area contributed by atoms with Gasteiger partial charge in [-0.05, 0) is 68.9 Å². The molecule has 0 aliphatic carbocycles. The van der Waals surface area contributed by atoms with Crippen LogP contribution in [0.4, 0.5) is 14.6 Å². The third kappa shape index (κ3) is 5.18. The number of anilines is 1. The molecule has 44 heavy (non-hydrogen) atoms. The average molecular weight is 604 g/mol. The number of carbonyl (C=O) groups is 1. The molecule has 0 bridgehead atoms. The van der Waals surface area contributed by atoms with Crippen LogP contribution in [0, 0.1) is 18.6 Å². The molecule has 0 N–H and O–H groups in total. The molecule has 5 rings (SSSR count). The lowest BCUT2D eigenvalue weighted by molar-refractivity contribution is -0.127. The molecule has 0 spiro atoms. The van der Waals surface area contributed by atoms with Gasteiger partial charge in [0.1, 0.15) is 17.3 Å². The Bertz CT molecular complexity index is 2070. The Morgan fingerprint density at radius 1 is 1.16 bits per heavy atom. The van der Waals surface area contributed by atoms with Gasteiger partial charge in [-0.25, -0.2) is 23.1 Å². The van der Waals surface area contributed by atoms with Crippen molar-refractivity contribution in [1.29, 1.82) is 0 Å². The highest BCUT2D eigenvalue weighted by atomic mass is 19.1. The second-order valence-electron chi connectivity index (χ2n) is 11.3. The molecule has 0 saturated carbocycles. The fraction of sp³-hybridized carbons (Fsp3) is 0.324. The first-order chi connectivity index (χ1) is 23.0. The highest BCUT2D eigenvalue weighted by Gasteiger charge is 2.35. The van der Waals surface area contributed by atoms with Crippen LogP contribution in [0.1, 0.15) is 64.1 Å². The van der Waals surface area contributed by atoms with E-state index in [0.29, 0.717) is 16.9 Å². The Morgan fingerprint density at radius 2 is 1.89 bits per heavy atom. The van der Waals surface area contributed by atoms with Crippen LogP contribution < -0.4 is 10.6 Å². The van der Waals surface area contributed by atoms with Crippen molar-refractivity contribution in [3.05, 3.63) is 94.7 Å². The Balaban J connectivity index is 1.91. The fourth-order valence-electron chi connectivity index (χ4n) is 5.99. The number of hydrogen-bond acceptors (Lipinski definition) is 6. The minimum Gasteiger partial charge on any atom is -0.347 e. The van der Waals surface area contributed by atoms with Gasteiger partial charge >= 0.3 is 5.69 Å². The summed E-state index contributed by atoms with van der Waals surface area (Å²) in [7, 11) is 0. The molecule has 1 aliphatic rings. The summed E-state index contributed by atoms with van der Waals surface area (Å²) in [6.07, 6.45) is 2.82. The van der Waals surface area contributed by atoms with E-state index in [9.17, 15) is 9.59 Å².